The van der Waals surface area contributed by atoms with Gasteiger partial charge in [-0.1, -0.05) is 18.2 Å². The van der Waals surface area contributed by atoms with Crippen molar-refractivity contribution in [1.82, 2.24) is 0 Å². The quantitative estimate of drug-likeness (QED) is 0.797. The highest BCUT2D eigenvalue weighted by atomic mass is 16.1. The first-order valence-electron chi connectivity index (χ1n) is 5.18. The summed E-state index contributed by atoms with van der Waals surface area (Å²) < 4.78 is 0. The lowest BCUT2D eigenvalue weighted by Crippen LogP contribution is -2.10. The van der Waals surface area contributed by atoms with Crippen LogP contribution in [0.15, 0.2) is 29.3 Å². The van der Waals surface area contributed by atoms with Crippen molar-refractivity contribution < 1.29 is 4.79 Å². The number of primary amides is 1. The number of carbonyl (C=O) groups is 1. The van der Waals surface area contributed by atoms with Gasteiger partial charge in [-0.3, -0.25) is 9.79 Å². The average Bonchev–Trinajstić information content (AvgIpc) is 2.59. The predicted octanol–water partition coefficient (Wildman–Crippen LogP) is 1.97. The summed E-state index contributed by atoms with van der Waals surface area (Å²) in [5.41, 5.74) is 8.61. The molecule has 1 heterocycles. The second kappa shape index (κ2) is 4.26. The van der Waals surface area contributed by atoms with Gasteiger partial charge in [-0.25, -0.2) is 0 Å². The second-order valence-corrected chi connectivity index (χ2v) is 3.80. The molecular weight excluding hydrogens is 188 g/mol. The van der Waals surface area contributed by atoms with Gasteiger partial charge in [0.05, 0.1) is 5.69 Å². The molecule has 0 bridgehead atoms. The Morgan fingerprint density at radius 3 is 2.93 bits per heavy atom. The van der Waals surface area contributed by atoms with Crippen LogP contribution >= 0.6 is 0 Å². The third kappa shape index (κ3) is 2.43. The molecule has 0 fully saturated rings. The number of hydrogen-bond donors (Lipinski definition) is 1. The Hall–Kier alpha value is -1.64. The number of aliphatic imine (C=N–C) groups is 1. The Kier molecular flexibility index (Phi) is 2.81. The first-order chi connectivity index (χ1) is 7.25. The molecule has 15 heavy (non-hydrogen) atoms. The molecule has 1 amide bonds. The first kappa shape index (κ1) is 9.90. The lowest BCUT2D eigenvalue weighted by molar-refractivity contribution is -0.118. The number of nitrogens with zero attached hydrogens (tertiary/aromatic N) is 1. The highest BCUT2D eigenvalue weighted by Gasteiger charge is 2.13. The fraction of sp³-hybridized carbons (Fsp3) is 0.333. The molecule has 1 aromatic rings. The minimum Gasteiger partial charge on any atom is -0.370 e. The summed E-state index contributed by atoms with van der Waals surface area (Å²) in [7, 11) is 0. The van der Waals surface area contributed by atoms with E-state index in [9.17, 15) is 4.79 Å². The van der Waals surface area contributed by atoms with Gasteiger partial charge in [0.2, 0.25) is 5.91 Å². The molecule has 0 spiro atoms. The number of rotatable bonds is 4. The summed E-state index contributed by atoms with van der Waals surface area (Å²) in [6.45, 7) is 0. The molecule has 0 atom stereocenters. The summed E-state index contributed by atoms with van der Waals surface area (Å²) in [5, 5.41) is 0. The van der Waals surface area contributed by atoms with Crippen LogP contribution in [0.25, 0.3) is 0 Å². The molecule has 1 aromatic carbocycles. The highest BCUT2D eigenvalue weighted by molar-refractivity contribution is 5.94. The van der Waals surface area contributed by atoms with Crippen molar-refractivity contribution in [3.8, 4) is 0 Å². The Morgan fingerprint density at radius 1 is 1.40 bits per heavy atom. The van der Waals surface area contributed by atoms with Gasteiger partial charge in [0.25, 0.3) is 0 Å². The number of carbonyl (C=O) groups excluding carboxylic acids is 1. The highest BCUT2D eigenvalue weighted by Crippen LogP contribution is 2.27. The Morgan fingerprint density at radius 2 is 2.20 bits per heavy atom. The van der Waals surface area contributed by atoms with Crippen LogP contribution in [-0.2, 0) is 11.2 Å². The summed E-state index contributed by atoms with van der Waals surface area (Å²) in [5.74, 6) is -0.230. The van der Waals surface area contributed by atoms with Gasteiger partial charge in [0, 0.05) is 18.6 Å². The molecule has 1 aliphatic heterocycles. The Labute approximate surface area is 89.0 Å². The fourth-order valence-corrected chi connectivity index (χ4v) is 1.81. The second-order valence-electron chi connectivity index (χ2n) is 3.80. The molecule has 0 unspecified atom stereocenters. The predicted molar refractivity (Wildman–Crippen MR) is 60.3 cm³/mol. The van der Waals surface area contributed by atoms with E-state index in [0.717, 1.165) is 30.7 Å². The molecule has 0 saturated carbocycles. The first-order valence-corrected chi connectivity index (χ1v) is 5.18. The summed E-state index contributed by atoms with van der Waals surface area (Å²) in [6.07, 6.45) is 3.06. The van der Waals surface area contributed by atoms with E-state index in [4.69, 9.17) is 5.73 Å². The standard InChI is InChI=1S/C12H14N2O/c13-12(15)7-3-5-10-8-9-4-1-2-6-11(9)14-10/h1-2,4,6H,3,5,7-8H2,(H2,13,15). The van der Waals surface area contributed by atoms with Crippen molar-refractivity contribution in [1.29, 1.82) is 0 Å². The van der Waals surface area contributed by atoms with Crippen LogP contribution in [0.1, 0.15) is 24.8 Å². The number of fused-ring (bicyclic) bond motifs is 1. The topological polar surface area (TPSA) is 55.5 Å². The van der Waals surface area contributed by atoms with Gasteiger partial charge in [-0.05, 0) is 24.5 Å². The summed E-state index contributed by atoms with van der Waals surface area (Å²) >= 11 is 0. The monoisotopic (exact) mass is 202 g/mol. The zero-order valence-electron chi connectivity index (χ0n) is 8.57. The molecular formula is C12H14N2O. The molecule has 0 saturated heterocycles. The van der Waals surface area contributed by atoms with Crippen LogP contribution in [0.4, 0.5) is 5.69 Å². The number of hydrogen-bond acceptors (Lipinski definition) is 2. The van der Waals surface area contributed by atoms with Crippen molar-refractivity contribution in [3.05, 3.63) is 29.8 Å². The van der Waals surface area contributed by atoms with Gasteiger partial charge < -0.3 is 5.73 Å². The normalized spacial score (nSPS) is 13.5. The zero-order valence-corrected chi connectivity index (χ0v) is 8.57. The van der Waals surface area contributed by atoms with Crippen LogP contribution in [-0.4, -0.2) is 11.6 Å². The molecule has 0 radical (unpaired) electrons. The van der Waals surface area contributed by atoms with Crippen molar-refractivity contribution >= 4 is 17.3 Å². The van der Waals surface area contributed by atoms with E-state index >= 15 is 0 Å². The van der Waals surface area contributed by atoms with E-state index in [-0.39, 0.29) is 5.91 Å². The third-order valence-electron chi connectivity index (χ3n) is 2.55. The molecule has 78 valence electrons. The maximum absolute atomic E-state index is 10.6. The van der Waals surface area contributed by atoms with E-state index < -0.39 is 0 Å². The Balaban J connectivity index is 1.91. The minimum atomic E-state index is -0.230. The molecule has 3 heteroatoms. The summed E-state index contributed by atoms with van der Waals surface area (Å²) in [6, 6.07) is 8.14. The van der Waals surface area contributed by atoms with Gasteiger partial charge in [0.15, 0.2) is 0 Å². The Bertz CT molecular complexity index is 410. The van der Waals surface area contributed by atoms with E-state index in [1.54, 1.807) is 0 Å². The number of benzene rings is 1. The number of para-hydroxylation sites is 1. The molecule has 3 nitrogen and oxygen atoms in total. The van der Waals surface area contributed by atoms with Crippen LogP contribution in [0.3, 0.4) is 0 Å². The third-order valence-corrected chi connectivity index (χ3v) is 2.55. The SMILES string of the molecule is NC(=O)CCCC1=Nc2ccccc2C1. The maximum atomic E-state index is 10.6. The molecule has 2 rings (SSSR count). The number of amides is 1. The van der Waals surface area contributed by atoms with E-state index in [2.05, 4.69) is 11.1 Å². The van der Waals surface area contributed by atoms with Crippen LogP contribution in [0.2, 0.25) is 0 Å². The van der Waals surface area contributed by atoms with Crippen LogP contribution in [0.5, 0.6) is 0 Å². The fourth-order valence-electron chi connectivity index (χ4n) is 1.81. The number of nitrogens with two attached hydrogens (primary N) is 1. The van der Waals surface area contributed by atoms with Gasteiger partial charge in [-0.15, -0.1) is 0 Å². The van der Waals surface area contributed by atoms with E-state index in [1.807, 2.05) is 18.2 Å². The van der Waals surface area contributed by atoms with Gasteiger partial charge in [-0.2, -0.15) is 0 Å². The van der Waals surface area contributed by atoms with Crippen molar-refractivity contribution in [3.63, 3.8) is 0 Å². The molecule has 1 aliphatic rings. The van der Waals surface area contributed by atoms with Crippen LogP contribution in [0, 0.1) is 0 Å². The zero-order chi connectivity index (χ0) is 10.7. The van der Waals surface area contributed by atoms with Crippen molar-refractivity contribution in [2.75, 3.05) is 0 Å². The van der Waals surface area contributed by atoms with Crippen LogP contribution < -0.4 is 5.73 Å². The molecule has 2 N–H and O–H groups in total. The minimum absolute atomic E-state index is 0.230. The van der Waals surface area contributed by atoms with E-state index in [0.29, 0.717) is 6.42 Å². The molecule has 0 aliphatic carbocycles. The lowest BCUT2D eigenvalue weighted by atomic mass is 10.1. The smallest absolute Gasteiger partial charge is 0.217 e. The summed E-state index contributed by atoms with van der Waals surface area (Å²) in [4.78, 5) is 15.1. The van der Waals surface area contributed by atoms with Crippen molar-refractivity contribution in [2.24, 2.45) is 10.7 Å². The average molecular weight is 202 g/mol. The van der Waals surface area contributed by atoms with E-state index in [1.165, 1.54) is 5.56 Å². The van der Waals surface area contributed by atoms with Gasteiger partial charge >= 0.3 is 0 Å². The molecule has 0 aromatic heterocycles. The largest absolute Gasteiger partial charge is 0.370 e. The lowest BCUT2D eigenvalue weighted by Gasteiger charge is -1.97. The van der Waals surface area contributed by atoms with Crippen molar-refractivity contribution in [2.45, 2.75) is 25.7 Å². The van der Waals surface area contributed by atoms with Gasteiger partial charge in [0.1, 0.15) is 0 Å². The maximum Gasteiger partial charge on any atom is 0.217 e.